The maximum absolute atomic E-state index is 11.8. The van der Waals surface area contributed by atoms with Crippen LogP contribution in [0.2, 0.25) is 0 Å². The van der Waals surface area contributed by atoms with E-state index in [1.54, 1.807) is 30.0 Å². The Morgan fingerprint density at radius 1 is 1.25 bits per heavy atom. The number of rotatable bonds is 4. The number of hydrogen-bond acceptors (Lipinski definition) is 5. The second-order valence-corrected chi connectivity index (χ2v) is 5.03. The first kappa shape index (κ1) is 14.3. The van der Waals surface area contributed by atoms with Crippen molar-refractivity contribution in [1.82, 2.24) is 0 Å². The molecule has 20 heavy (non-hydrogen) atoms. The molecule has 5 heteroatoms. The van der Waals surface area contributed by atoms with Gasteiger partial charge in [-0.2, -0.15) is 0 Å². The molecule has 0 amide bonds. The van der Waals surface area contributed by atoms with E-state index in [1.165, 1.54) is 7.11 Å². The Balaban J connectivity index is 2.35. The number of hydrogen-bond donors (Lipinski definition) is 2. The molecule has 0 saturated carbocycles. The van der Waals surface area contributed by atoms with Crippen molar-refractivity contribution in [3.8, 4) is 0 Å². The average Bonchev–Trinajstić information content (AvgIpc) is 2.48. The lowest BCUT2D eigenvalue weighted by molar-refractivity contribution is 0.0602. The third-order valence-electron chi connectivity index (χ3n) is 2.80. The summed E-state index contributed by atoms with van der Waals surface area (Å²) < 4.78 is 4.78. The number of benzene rings is 2. The van der Waals surface area contributed by atoms with Gasteiger partial charge in [-0.15, -0.1) is 11.8 Å². The zero-order valence-corrected chi connectivity index (χ0v) is 12.2. The van der Waals surface area contributed by atoms with Crippen LogP contribution >= 0.6 is 11.8 Å². The predicted octanol–water partition coefficient (Wildman–Crippen LogP) is 3.52. The van der Waals surface area contributed by atoms with E-state index in [0.717, 1.165) is 10.6 Å². The first-order valence-corrected chi connectivity index (χ1v) is 7.25. The van der Waals surface area contributed by atoms with E-state index in [1.807, 2.05) is 30.5 Å². The Morgan fingerprint density at radius 3 is 2.75 bits per heavy atom. The second kappa shape index (κ2) is 6.34. The zero-order chi connectivity index (χ0) is 14.5. The van der Waals surface area contributed by atoms with Gasteiger partial charge in [0.25, 0.3) is 0 Å². The Hall–Kier alpha value is -2.14. The predicted molar refractivity (Wildman–Crippen MR) is 83.7 cm³/mol. The highest BCUT2D eigenvalue weighted by Gasteiger charge is 2.12. The van der Waals surface area contributed by atoms with Crippen molar-refractivity contribution in [2.45, 2.75) is 4.90 Å². The summed E-state index contributed by atoms with van der Waals surface area (Å²) in [5.41, 5.74) is 8.24. The number of carbonyl (C=O) groups is 1. The van der Waals surface area contributed by atoms with Crippen molar-refractivity contribution >= 4 is 34.8 Å². The number of nitrogens with two attached hydrogens (primary N) is 1. The van der Waals surface area contributed by atoms with Gasteiger partial charge in [-0.25, -0.2) is 4.79 Å². The number of nitrogen functional groups attached to an aromatic ring is 1. The van der Waals surface area contributed by atoms with Crippen LogP contribution in [0.3, 0.4) is 0 Å². The summed E-state index contributed by atoms with van der Waals surface area (Å²) in [5.74, 6) is -0.416. The van der Waals surface area contributed by atoms with E-state index in [9.17, 15) is 4.79 Å². The van der Waals surface area contributed by atoms with Crippen LogP contribution in [0.25, 0.3) is 0 Å². The van der Waals surface area contributed by atoms with Crippen LogP contribution < -0.4 is 11.1 Å². The molecule has 0 atom stereocenters. The second-order valence-electron chi connectivity index (χ2n) is 4.15. The van der Waals surface area contributed by atoms with E-state index in [4.69, 9.17) is 10.5 Å². The van der Waals surface area contributed by atoms with E-state index >= 15 is 0 Å². The number of carbonyl (C=O) groups excluding carboxylic acids is 1. The van der Waals surface area contributed by atoms with Crippen LogP contribution in [0.4, 0.5) is 17.1 Å². The van der Waals surface area contributed by atoms with Crippen molar-refractivity contribution in [2.24, 2.45) is 0 Å². The normalized spacial score (nSPS) is 10.1. The van der Waals surface area contributed by atoms with Gasteiger partial charge >= 0.3 is 5.97 Å². The molecule has 0 heterocycles. The topological polar surface area (TPSA) is 64.3 Å². The fraction of sp³-hybridized carbons (Fsp3) is 0.133. The van der Waals surface area contributed by atoms with Crippen LogP contribution in [-0.4, -0.2) is 19.3 Å². The Bertz CT molecular complexity index is 629. The number of anilines is 3. The van der Waals surface area contributed by atoms with Gasteiger partial charge in [-0.3, -0.25) is 0 Å². The molecule has 0 aromatic heterocycles. The third-order valence-corrected chi connectivity index (χ3v) is 3.52. The smallest absolute Gasteiger partial charge is 0.340 e. The molecule has 0 unspecified atom stereocenters. The van der Waals surface area contributed by atoms with Crippen LogP contribution in [0.1, 0.15) is 10.4 Å². The molecule has 3 N–H and O–H groups in total. The SMILES string of the molecule is COC(=O)c1cc(N)ccc1Nc1cccc(SC)c1. The maximum atomic E-state index is 11.8. The van der Waals surface area contributed by atoms with Gasteiger partial charge in [-0.05, 0) is 42.7 Å². The van der Waals surface area contributed by atoms with E-state index in [-0.39, 0.29) is 0 Å². The lowest BCUT2D eigenvalue weighted by atomic mass is 10.1. The summed E-state index contributed by atoms with van der Waals surface area (Å²) in [6.07, 6.45) is 2.02. The molecule has 0 bridgehead atoms. The van der Waals surface area contributed by atoms with E-state index in [2.05, 4.69) is 5.32 Å². The molecule has 2 aromatic carbocycles. The van der Waals surface area contributed by atoms with Gasteiger partial charge in [-0.1, -0.05) is 6.07 Å². The molecule has 0 aliphatic rings. The standard InChI is InChI=1S/C15H16N2O2S/c1-19-15(18)13-8-10(16)6-7-14(13)17-11-4-3-5-12(9-11)20-2/h3-9,17H,16H2,1-2H3. The van der Waals surface area contributed by atoms with Crippen molar-refractivity contribution < 1.29 is 9.53 Å². The summed E-state index contributed by atoms with van der Waals surface area (Å²) in [6, 6.07) is 13.1. The Labute approximate surface area is 122 Å². The van der Waals surface area contributed by atoms with Crippen LogP contribution in [-0.2, 0) is 4.74 Å². The lowest BCUT2D eigenvalue weighted by Crippen LogP contribution is -2.06. The molecule has 2 aromatic rings. The molecular weight excluding hydrogens is 272 g/mol. The first-order valence-electron chi connectivity index (χ1n) is 6.03. The minimum absolute atomic E-state index is 0.416. The molecule has 0 saturated heterocycles. The zero-order valence-electron chi connectivity index (χ0n) is 11.3. The summed E-state index contributed by atoms with van der Waals surface area (Å²) in [7, 11) is 1.35. The highest BCUT2D eigenvalue weighted by Crippen LogP contribution is 2.26. The molecule has 2 rings (SSSR count). The molecule has 104 valence electrons. The summed E-state index contributed by atoms with van der Waals surface area (Å²) in [5, 5.41) is 3.22. The van der Waals surface area contributed by atoms with Gasteiger partial charge in [0.15, 0.2) is 0 Å². The first-order chi connectivity index (χ1) is 9.63. The number of methoxy groups -OCH3 is 1. The monoisotopic (exact) mass is 288 g/mol. The summed E-state index contributed by atoms with van der Waals surface area (Å²) in [6.45, 7) is 0. The number of esters is 1. The number of ether oxygens (including phenoxy) is 1. The number of nitrogens with one attached hydrogen (secondary N) is 1. The van der Waals surface area contributed by atoms with Crippen LogP contribution in [0, 0.1) is 0 Å². The summed E-state index contributed by atoms with van der Waals surface area (Å²) >= 11 is 1.66. The molecular formula is C15H16N2O2S. The Kier molecular flexibility index (Phi) is 4.53. The van der Waals surface area contributed by atoms with Crippen molar-refractivity contribution in [3.05, 3.63) is 48.0 Å². The van der Waals surface area contributed by atoms with Gasteiger partial charge in [0, 0.05) is 16.3 Å². The van der Waals surface area contributed by atoms with Gasteiger partial charge < -0.3 is 15.8 Å². The third kappa shape index (κ3) is 3.24. The fourth-order valence-corrected chi connectivity index (χ4v) is 2.27. The number of thioether (sulfide) groups is 1. The molecule has 0 fully saturated rings. The fourth-order valence-electron chi connectivity index (χ4n) is 1.81. The molecule has 4 nitrogen and oxygen atoms in total. The summed E-state index contributed by atoms with van der Waals surface area (Å²) in [4.78, 5) is 12.9. The molecule has 0 aliphatic heterocycles. The van der Waals surface area contributed by atoms with Gasteiger partial charge in [0.1, 0.15) is 0 Å². The minimum atomic E-state index is -0.416. The minimum Gasteiger partial charge on any atom is -0.465 e. The van der Waals surface area contributed by atoms with Crippen molar-refractivity contribution in [1.29, 1.82) is 0 Å². The Morgan fingerprint density at radius 2 is 2.05 bits per heavy atom. The average molecular weight is 288 g/mol. The van der Waals surface area contributed by atoms with Crippen molar-refractivity contribution in [2.75, 3.05) is 24.4 Å². The molecule has 0 radical (unpaired) electrons. The van der Waals surface area contributed by atoms with Gasteiger partial charge in [0.2, 0.25) is 0 Å². The highest BCUT2D eigenvalue weighted by molar-refractivity contribution is 7.98. The van der Waals surface area contributed by atoms with Crippen molar-refractivity contribution in [3.63, 3.8) is 0 Å². The van der Waals surface area contributed by atoms with E-state index in [0.29, 0.717) is 16.9 Å². The van der Waals surface area contributed by atoms with E-state index < -0.39 is 5.97 Å². The quantitative estimate of drug-likeness (QED) is 0.512. The van der Waals surface area contributed by atoms with Crippen LogP contribution in [0.5, 0.6) is 0 Å². The van der Waals surface area contributed by atoms with Gasteiger partial charge in [0.05, 0.1) is 18.4 Å². The molecule has 0 aliphatic carbocycles. The van der Waals surface area contributed by atoms with Crippen LogP contribution in [0.15, 0.2) is 47.4 Å². The molecule has 0 spiro atoms. The lowest BCUT2D eigenvalue weighted by Gasteiger charge is -2.12. The highest BCUT2D eigenvalue weighted by atomic mass is 32.2. The largest absolute Gasteiger partial charge is 0.465 e. The maximum Gasteiger partial charge on any atom is 0.340 e.